The summed E-state index contributed by atoms with van der Waals surface area (Å²) in [5.74, 6) is 0. The lowest BCUT2D eigenvalue weighted by Gasteiger charge is -2.04. The van der Waals surface area contributed by atoms with E-state index in [0.717, 1.165) is 11.3 Å². The zero-order valence-corrected chi connectivity index (χ0v) is 10.6. The van der Waals surface area contributed by atoms with E-state index in [4.69, 9.17) is 23.2 Å². The molecule has 0 fully saturated rings. The Morgan fingerprint density at radius 3 is 2.38 bits per heavy atom. The molecule has 0 spiro atoms. The molecule has 0 saturated carbocycles. The van der Waals surface area contributed by atoms with Crippen LogP contribution in [-0.2, 0) is 0 Å². The number of hydrogen-bond acceptors (Lipinski definition) is 1. The van der Waals surface area contributed by atoms with Gasteiger partial charge >= 0.3 is 0 Å². The third-order valence-corrected chi connectivity index (χ3v) is 2.95. The molecular formula is C12H12Cl2N2. The first kappa shape index (κ1) is 11.5. The number of aromatic nitrogens is 2. The lowest BCUT2D eigenvalue weighted by Crippen LogP contribution is -2.00. The summed E-state index contributed by atoms with van der Waals surface area (Å²) in [7, 11) is 0. The van der Waals surface area contributed by atoms with Crippen LogP contribution in [0.1, 0.15) is 19.9 Å². The topological polar surface area (TPSA) is 17.8 Å². The second-order valence-electron chi connectivity index (χ2n) is 3.88. The molecule has 0 aliphatic carbocycles. The quantitative estimate of drug-likeness (QED) is 0.775. The van der Waals surface area contributed by atoms with E-state index in [2.05, 4.69) is 18.9 Å². The second kappa shape index (κ2) is 4.48. The Hall–Kier alpha value is -0.990. The highest BCUT2D eigenvalue weighted by molar-refractivity contribution is 6.36. The normalized spacial score (nSPS) is 11.1. The van der Waals surface area contributed by atoms with Gasteiger partial charge in [0.25, 0.3) is 0 Å². The number of benzene rings is 1. The van der Waals surface area contributed by atoms with Crippen molar-refractivity contribution in [2.45, 2.75) is 19.9 Å². The zero-order chi connectivity index (χ0) is 11.7. The van der Waals surface area contributed by atoms with Gasteiger partial charge < -0.3 is 0 Å². The van der Waals surface area contributed by atoms with Crippen molar-refractivity contribution in [3.05, 3.63) is 40.5 Å². The van der Waals surface area contributed by atoms with E-state index in [1.165, 1.54) is 0 Å². The number of rotatable bonds is 2. The standard InChI is InChI=1S/C12H12Cl2N2/c1-8(2)16-7-11(14)12(15-16)9-5-3-4-6-10(9)13/h3-8H,1-2H3. The Balaban J connectivity index is 2.52. The minimum Gasteiger partial charge on any atom is -0.268 e. The van der Waals surface area contributed by atoms with Gasteiger partial charge in [0, 0.05) is 17.8 Å². The highest BCUT2D eigenvalue weighted by atomic mass is 35.5. The summed E-state index contributed by atoms with van der Waals surface area (Å²) >= 11 is 12.3. The Labute approximate surface area is 105 Å². The molecule has 0 unspecified atom stereocenters. The maximum atomic E-state index is 6.15. The monoisotopic (exact) mass is 254 g/mol. The average Bonchev–Trinajstić information content (AvgIpc) is 2.61. The predicted octanol–water partition coefficient (Wildman–Crippen LogP) is 4.44. The minimum atomic E-state index is 0.286. The van der Waals surface area contributed by atoms with E-state index in [1.54, 1.807) is 0 Å². The van der Waals surface area contributed by atoms with Gasteiger partial charge in [0.05, 0.1) is 10.0 Å². The van der Waals surface area contributed by atoms with Crippen molar-refractivity contribution in [3.8, 4) is 11.3 Å². The number of halogens is 2. The molecule has 1 heterocycles. The molecule has 0 N–H and O–H groups in total. The number of hydrogen-bond donors (Lipinski definition) is 0. The van der Waals surface area contributed by atoms with E-state index in [9.17, 15) is 0 Å². The summed E-state index contributed by atoms with van der Waals surface area (Å²) in [5.41, 5.74) is 1.61. The summed E-state index contributed by atoms with van der Waals surface area (Å²) in [5, 5.41) is 5.73. The van der Waals surface area contributed by atoms with Crippen LogP contribution in [0.5, 0.6) is 0 Å². The van der Waals surface area contributed by atoms with Gasteiger partial charge in [-0.2, -0.15) is 5.10 Å². The smallest absolute Gasteiger partial charge is 0.112 e. The van der Waals surface area contributed by atoms with Crippen LogP contribution in [0, 0.1) is 0 Å². The average molecular weight is 255 g/mol. The summed E-state index contributed by atoms with van der Waals surface area (Å²) < 4.78 is 1.83. The van der Waals surface area contributed by atoms with Crippen molar-refractivity contribution in [2.75, 3.05) is 0 Å². The molecule has 2 aromatic rings. The lowest BCUT2D eigenvalue weighted by molar-refractivity contribution is 0.534. The third-order valence-electron chi connectivity index (χ3n) is 2.35. The molecule has 0 saturated heterocycles. The molecular weight excluding hydrogens is 243 g/mol. The Bertz CT molecular complexity index is 503. The Kier molecular flexibility index (Phi) is 3.22. The molecule has 0 aliphatic rings. The van der Waals surface area contributed by atoms with Gasteiger partial charge in [-0.15, -0.1) is 0 Å². The summed E-state index contributed by atoms with van der Waals surface area (Å²) in [6, 6.07) is 7.85. The largest absolute Gasteiger partial charge is 0.268 e. The molecule has 1 aromatic heterocycles. The van der Waals surface area contributed by atoms with Crippen LogP contribution in [0.3, 0.4) is 0 Å². The Morgan fingerprint density at radius 2 is 1.81 bits per heavy atom. The summed E-state index contributed by atoms with van der Waals surface area (Å²) in [4.78, 5) is 0. The van der Waals surface area contributed by atoms with Crippen LogP contribution < -0.4 is 0 Å². The highest BCUT2D eigenvalue weighted by Gasteiger charge is 2.13. The first-order chi connectivity index (χ1) is 7.59. The highest BCUT2D eigenvalue weighted by Crippen LogP contribution is 2.32. The molecule has 2 rings (SSSR count). The minimum absolute atomic E-state index is 0.286. The van der Waals surface area contributed by atoms with Crippen LogP contribution in [-0.4, -0.2) is 9.78 Å². The summed E-state index contributed by atoms with van der Waals surface area (Å²) in [6.07, 6.45) is 1.82. The SMILES string of the molecule is CC(C)n1cc(Cl)c(-c2ccccc2Cl)n1. The summed E-state index contributed by atoms with van der Waals surface area (Å²) in [6.45, 7) is 4.11. The van der Waals surface area contributed by atoms with Gasteiger partial charge in [-0.05, 0) is 19.9 Å². The molecule has 16 heavy (non-hydrogen) atoms. The van der Waals surface area contributed by atoms with Gasteiger partial charge in [0.2, 0.25) is 0 Å². The fourth-order valence-corrected chi connectivity index (χ4v) is 1.93. The molecule has 0 aliphatic heterocycles. The van der Waals surface area contributed by atoms with Crippen LogP contribution in [0.15, 0.2) is 30.5 Å². The van der Waals surface area contributed by atoms with Gasteiger partial charge in [0.1, 0.15) is 5.69 Å². The maximum Gasteiger partial charge on any atom is 0.112 e. The van der Waals surface area contributed by atoms with Crippen molar-refractivity contribution >= 4 is 23.2 Å². The maximum absolute atomic E-state index is 6.15. The second-order valence-corrected chi connectivity index (χ2v) is 4.69. The van der Waals surface area contributed by atoms with Crippen molar-refractivity contribution < 1.29 is 0 Å². The lowest BCUT2D eigenvalue weighted by atomic mass is 10.1. The first-order valence-corrected chi connectivity index (χ1v) is 5.84. The molecule has 0 bridgehead atoms. The van der Waals surface area contributed by atoms with Crippen LogP contribution >= 0.6 is 23.2 Å². The zero-order valence-electron chi connectivity index (χ0n) is 9.11. The fourth-order valence-electron chi connectivity index (χ4n) is 1.47. The van der Waals surface area contributed by atoms with Gasteiger partial charge in [0.15, 0.2) is 0 Å². The molecule has 1 aromatic carbocycles. The van der Waals surface area contributed by atoms with Crippen molar-refractivity contribution in [3.63, 3.8) is 0 Å². The molecule has 0 amide bonds. The van der Waals surface area contributed by atoms with Gasteiger partial charge in [-0.25, -0.2) is 0 Å². The van der Waals surface area contributed by atoms with E-state index in [1.807, 2.05) is 35.1 Å². The fraction of sp³-hybridized carbons (Fsp3) is 0.250. The first-order valence-electron chi connectivity index (χ1n) is 5.09. The van der Waals surface area contributed by atoms with Gasteiger partial charge in [-0.3, -0.25) is 4.68 Å². The molecule has 2 nitrogen and oxygen atoms in total. The predicted molar refractivity (Wildman–Crippen MR) is 68.1 cm³/mol. The van der Waals surface area contributed by atoms with Crippen LogP contribution in [0.4, 0.5) is 0 Å². The Morgan fingerprint density at radius 1 is 1.12 bits per heavy atom. The van der Waals surface area contributed by atoms with Crippen LogP contribution in [0.2, 0.25) is 10.0 Å². The molecule has 4 heteroatoms. The van der Waals surface area contributed by atoms with Crippen LogP contribution in [0.25, 0.3) is 11.3 Å². The van der Waals surface area contributed by atoms with Crippen molar-refractivity contribution in [2.24, 2.45) is 0 Å². The third kappa shape index (κ3) is 2.08. The van der Waals surface area contributed by atoms with Crippen molar-refractivity contribution in [1.29, 1.82) is 0 Å². The van der Waals surface area contributed by atoms with E-state index >= 15 is 0 Å². The van der Waals surface area contributed by atoms with Gasteiger partial charge in [-0.1, -0.05) is 41.4 Å². The molecule has 0 atom stereocenters. The molecule has 84 valence electrons. The van der Waals surface area contributed by atoms with Crippen molar-refractivity contribution in [1.82, 2.24) is 9.78 Å². The van der Waals surface area contributed by atoms with E-state index < -0.39 is 0 Å². The van der Waals surface area contributed by atoms with E-state index in [0.29, 0.717) is 10.0 Å². The van der Waals surface area contributed by atoms with E-state index in [-0.39, 0.29) is 6.04 Å². The number of nitrogens with zero attached hydrogens (tertiary/aromatic N) is 2. The molecule has 0 radical (unpaired) electrons.